The van der Waals surface area contributed by atoms with Gasteiger partial charge in [0, 0.05) is 30.6 Å². The molecule has 0 aromatic carbocycles. The van der Waals surface area contributed by atoms with Gasteiger partial charge in [0.05, 0.1) is 12.3 Å². The maximum absolute atomic E-state index is 8.70. The summed E-state index contributed by atoms with van der Waals surface area (Å²) in [6.45, 7) is 0.557. The van der Waals surface area contributed by atoms with Gasteiger partial charge in [-0.15, -0.1) is 0 Å². The molecule has 0 radical (unpaired) electrons. The standard InChI is InChI=1S/C11H12N4O/c16-6-5-13-11-7-10(14-8-15-11)9-1-3-12-4-2-9/h1-4,7-8,16H,5-6H2,(H,13,14,15). The van der Waals surface area contributed by atoms with E-state index in [-0.39, 0.29) is 6.61 Å². The number of hydrogen-bond acceptors (Lipinski definition) is 5. The molecule has 0 aliphatic rings. The van der Waals surface area contributed by atoms with Crippen LogP contribution in [0.4, 0.5) is 5.82 Å². The van der Waals surface area contributed by atoms with E-state index in [0.29, 0.717) is 12.4 Å². The van der Waals surface area contributed by atoms with E-state index in [2.05, 4.69) is 20.3 Å². The van der Waals surface area contributed by atoms with Gasteiger partial charge in [-0.05, 0) is 12.1 Å². The van der Waals surface area contributed by atoms with E-state index in [9.17, 15) is 0 Å². The Bertz CT molecular complexity index is 447. The minimum atomic E-state index is 0.0780. The summed E-state index contributed by atoms with van der Waals surface area (Å²) in [7, 11) is 0. The second kappa shape index (κ2) is 5.18. The number of nitrogens with zero attached hydrogens (tertiary/aromatic N) is 3. The van der Waals surface area contributed by atoms with E-state index in [0.717, 1.165) is 11.3 Å². The highest BCUT2D eigenvalue weighted by Crippen LogP contribution is 2.16. The van der Waals surface area contributed by atoms with Gasteiger partial charge in [-0.1, -0.05) is 0 Å². The molecule has 2 aromatic heterocycles. The van der Waals surface area contributed by atoms with Crippen molar-refractivity contribution in [1.82, 2.24) is 15.0 Å². The highest BCUT2D eigenvalue weighted by molar-refractivity contribution is 5.61. The Labute approximate surface area is 93.2 Å². The van der Waals surface area contributed by atoms with Crippen LogP contribution < -0.4 is 5.32 Å². The van der Waals surface area contributed by atoms with Gasteiger partial charge in [0.25, 0.3) is 0 Å². The molecule has 0 amide bonds. The second-order valence-electron chi connectivity index (χ2n) is 3.17. The zero-order valence-corrected chi connectivity index (χ0v) is 8.67. The van der Waals surface area contributed by atoms with Gasteiger partial charge in [-0.25, -0.2) is 9.97 Å². The molecular weight excluding hydrogens is 204 g/mol. The van der Waals surface area contributed by atoms with Gasteiger partial charge in [0.15, 0.2) is 0 Å². The first-order chi connectivity index (χ1) is 7.90. The van der Waals surface area contributed by atoms with E-state index in [4.69, 9.17) is 5.11 Å². The molecule has 0 aliphatic carbocycles. The van der Waals surface area contributed by atoms with Gasteiger partial charge in [0.1, 0.15) is 12.1 Å². The van der Waals surface area contributed by atoms with Gasteiger partial charge in [-0.3, -0.25) is 4.98 Å². The lowest BCUT2D eigenvalue weighted by molar-refractivity contribution is 0.311. The Morgan fingerprint density at radius 1 is 1.19 bits per heavy atom. The summed E-state index contributed by atoms with van der Waals surface area (Å²) in [6, 6.07) is 5.61. The number of hydrogen-bond donors (Lipinski definition) is 2. The molecule has 0 fully saturated rings. The van der Waals surface area contributed by atoms with Crippen LogP contribution in [-0.2, 0) is 0 Å². The van der Waals surface area contributed by atoms with Crippen molar-refractivity contribution >= 4 is 5.82 Å². The highest BCUT2D eigenvalue weighted by atomic mass is 16.3. The normalized spacial score (nSPS) is 10.1. The Hall–Kier alpha value is -2.01. The fourth-order valence-electron chi connectivity index (χ4n) is 1.32. The van der Waals surface area contributed by atoms with Crippen LogP contribution in [0.1, 0.15) is 0 Å². The quantitative estimate of drug-likeness (QED) is 0.796. The minimum Gasteiger partial charge on any atom is -0.395 e. The molecule has 2 rings (SSSR count). The van der Waals surface area contributed by atoms with Crippen molar-refractivity contribution in [2.45, 2.75) is 0 Å². The number of rotatable bonds is 4. The first kappa shape index (κ1) is 10.5. The number of aliphatic hydroxyl groups is 1. The minimum absolute atomic E-state index is 0.0780. The Balaban J connectivity index is 2.22. The molecule has 2 aromatic rings. The molecule has 0 unspecified atom stereocenters. The number of aliphatic hydroxyl groups excluding tert-OH is 1. The van der Waals surface area contributed by atoms with E-state index in [1.807, 2.05) is 18.2 Å². The van der Waals surface area contributed by atoms with Gasteiger partial charge in [0.2, 0.25) is 0 Å². The molecule has 0 saturated carbocycles. The Morgan fingerprint density at radius 3 is 2.75 bits per heavy atom. The first-order valence-corrected chi connectivity index (χ1v) is 4.97. The van der Waals surface area contributed by atoms with Crippen molar-refractivity contribution in [3.8, 4) is 11.3 Å². The van der Waals surface area contributed by atoms with Crippen LogP contribution in [0, 0.1) is 0 Å². The van der Waals surface area contributed by atoms with Gasteiger partial charge >= 0.3 is 0 Å². The van der Waals surface area contributed by atoms with Crippen LogP contribution in [0.3, 0.4) is 0 Å². The molecule has 5 heteroatoms. The highest BCUT2D eigenvalue weighted by Gasteiger charge is 2.00. The lowest BCUT2D eigenvalue weighted by Gasteiger charge is -2.05. The second-order valence-corrected chi connectivity index (χ2v) is 3.17. The predicted octanol–water partition coefficient (Wildman–Crippen LogP) is 0.943. The summed E-state index contributed by atoms with van der Waals surface area (Å²) >= 11 is 0. The maximum Gasteiger partial charge on any atom is 0.130 e. The Morgan fingerprint density at radius 2 is 2.00 bits per heavy atom. The van der Waals surface area contributed by atoms with Crippen LogP contribution >= 0.6 is 0 Å². The molecule has 2 heterocycles. The zero-order valence-electron chi connectivity index (χ0n) is 8.67. The van der Waals surface area contributed by atoms with Crippen LogP contribution in [0.15, 0.2) is 36.9 Å². The number of anilines is 1. The van der Waals surface area contributed by atoms with Crippen molar-refractivity contribution in [2.24, 2.45) is 0 Å². The third-order valence-electron chi connectivity index (χ3n) is 2.06. The number of aromatic nitrogens is 3. The molecule has 0 saturated heterocycles. The first-order valence-electron chi connectivity index (χ1n) is 4.97. The SMILES string of the molecule is OCCNc1cc(-c2ccncc2)ncn1. The Kier molecular flexibility index (Phi) is 3.40. The lowest BCUT2D eigenvalue weighted by atomic mass is 10.2. The summed E-state index contributed by atoms with van der Waals surface area (Å²) in [4.78, 5) is 12.2. The summed E-state index contributed by atoms with van der Waals surface area (Å²) < 4.78 is 0. The number of nitrogens with one attached hydrogen (secondary N) is 1. The van der Waals surface area contributed by atoms with Crippen molar-refractivity contribution in [1.29, 1.82) is 0 Å². The maximum atomic E-state index is 8.70. The van der Waals surface area contributed by atoms with Crippen LogP contribution in [0.2, 0.25) is 0 Å². The summed E-state index contributed by atoms with van der Waals surface area (Å²) in [5, 5.41) is 11.7. The van der Waals surface area contributed by atoms with E-state index in [1.165, 1.54) is 6.33 Å². The molecule has 82 valence electrons. The van der Waals surface area contributed by atoms with Gasteiger partial charge in [-0.2, -0.15) is 0 Å². The topological polar surface area (TPSA) is 70.9 Å². The third kappa shape index (κ3) is 2.52. The van der Waals surface area contributed by atoms with Crippen LogP contribution in [0.25, 0.3) is 11.3 Å². The predicted molar refractivity (Wildman–Crippen MR) is 60.8 cm³/mol. The van der Waals surface area contributed by atoms with Crippen molar-refractivity contribution < 1.29 is 5.11 Å². The average molecular weight is 216 g/mol. The third-order valence-corrected chi connectivity index (χ3v) is 2.06. The van der Waals surface area contributed by atoms with E-state index < -0.39 is 0 Å². The summed E-state index contributed by atoms with van der Waals surface area (Å²) in [5.74, 6) is 0.705. The van der Waals surface area contributed by atoms with Crippen molar-refractivity contribution in [3.63, 3.8) is 0 Å². The lowest BCUT2D eigenvalue weighted by Crippen LogP contribution is -2.07. The fourth-order valence-corrected chi connectivity index (χ4v) is 1.32. The molecular formula is C11H12N4O. The summed E-state index contributed by atoms with van der Waals surface area (Å²) in [6.07, 6.45) is 4.94. The van der Waals surface area contributed by atoms with E-state index >= 15 is 0 Å². The van der Waals surface area contributed by atoms with Crippen LogP contribution in [-0.4, -0.2) is 33.2 Å². The molecule has 0 spiro atoms. The zero-order chi connectivity index (χ0) is 11.2. The molecule has 0 aliphatic heterocycles. The number of pyridine rings is 1. The van der Waals surface area contributed by atoms with Crippen LogP contribution in [0.5, 0.6) is 0 Å². The average Bonchev–Trinajstić information content (AvgIpc) is 2.38. The van der Waals surface area contributed by atoms with Crippen molar-refractivity contribution in [3.05, 3.63) is 36.9 Å². The van der Waals surface area contributed by atoms with E-state index in [1.54, 1.807) is 12.4 Å². The largest absolute Gasteiger partial charge is 0.395 e. The van der Waals surface area contributed by atoms with Gasteiger partial charge < -0.3 is 10.4 Å². The molecule has 5 nitrogen and oxygen atoms in total. The smallest absolute Gasteiger partial charge is 0.130 e. The molecule has 2 N–H and O–H groups in total. The molecule has 0 atom stereocenters. The van der Waals surface area contributed by atoms with Crippen molar-refractivity contribution in [2.75, 3.05) is 18.5 Å². The summed E-state index contributed by atoms with van der Waals surface area (Å²) in [5.41, 5.74) is 1.82. The molecule has 0 bridgehead atoms. The fraction of sp³-hybridized carbons (Fsp3) is 0.182. The molecule has 16 heavy (non-hydrogen) atoms. The monoisotopic (exact) mass is 216 g/mol.